The molecule has 29 heavy (non-hydrogen) atoms. The van der Waals surface area contributed by atoms with Crippen molar-refractivity contribution in [3.8, 4) is 5.75 Å². The fraction of sp³-hybridized carbons (Fsp3) is 0.273. The Bertz CT molecular complexity index is 954. The van der Waals surface area contributed by atoms with Crippen LogP contribution in [0.5, 0.6) is 5.75 Å². The van der Waals surface area contributed by atoms with E-state index in [0.29, 0.717) is 11.3 Å². The molecular formula is C22H23FN2O4. The van der Waals surface area contributed by atoms with Gasteiger partial charge in [-0.2, -0.15) is 0 Å². The van der Waals surface area contributed by atoms with Crippen molar-refractivity contribution in [2.45, 2.75) is 20.0 Å². The number of rotatable bonds is 7. The zero-order chi connectivity index (χ0) is 21.1. The third-order valence-corrected chi connectivity index (χ3v) is 4.48. The summed E-state index contributed by atoms with van der Waals surface area (Å²) in [7, 11) is 1.61. The number of benzene rings is 2. The van der Waals surface area contributed by atoms with Crippen molar-refractivity contribution in [2.75, 3.05) is 25.1 Å². The van der Waals surface area contributed by atoms with Gasteiger partial charge in [0.15, 0.2) is 0 Å². The van der Waals surface area contributed by atoms with Gasteiger partial charge >= 0.3 is 0 Å². The number of hydrogen-bond acceptors (Lipinski definition) is 5. The summed E-state index contributed by atoms with van der Waals surface area (Å²) < 4.78 is 20.0. The number of aliphatic hydroxyl groups is 1. The van der Waals surface area contributed by atoms with Crippen molar-refractivity contribution in [1.29, 1.82) is 0 Å². The average molecular weight is 398 g/mol. The number of imide groups is 1. The van der Waals surface area contributed by atoms with Crippen LogP contribution >= 0.6 is 0 Å². The normalized spacial score (nSPS) is 14.2. The topological polar surface area (TPSA) is 70.1 Å². The molecule has 2 aromatic carbocycles. The Kier molecular flexibility index (Phi) is 5.98. The lowest BCUT2D eigenvalue weighted by Crippen LogP contribution is -2.35. The molecule has 0 fully saturated rings. The van der Waals surface area contributed by atoms with Crippen LogP contribution in [0.15, 0.2) is 54.2 Å². The Balaban J connectivity index is 2.08. The van der Waals surface area contributed by atoms with E-state index in [0.717, 1.165) is 4.90 Å². The molecule has 0 atom stereocenters. The first-order chi connectivity index (χ1) is 13.8. The summed E-state index contributed by atoms with van der Waals surface area (Å²) in [6, 6.07) is 12.5. The molecule has 0 unspecified atom stereocenters. The minimum atomic E-state index is -0.666. The Labute approximate surface area is 168 Å². The highest BCUT2D eigenvalue weighted by molar-refractivity contribution is 6.45. The summed E-state index contributed by atoms with van der Waals surface area (Å²) in [6.45, 7) is 3.76. The van der Waals surface area contributed by atoms with Crippen molar-refractivity contribution in [3.05, 3.63) is 65.6 Å². The first kappa shape index (κ1) is 20.5. The van der Waals surface area contributed by atoms with E-state index in [1.54, 1.807) is 37.4 Å². The first-order valence-electron chi connectivity index (χ1n) is 9.31. The average Bonchev–Trinajstić information content (AvgIpc) is 2.93. The van der Waals surface area contributed by atoms with Crippen LogP contribution in [-0.4, -0.2) is 48.1 Å². The number of para-hydroxylation sites is 1. The van der Waals surface area contributed by atoms with E-state index in [-0.39, 0.29) is 36.2 Å². The largest absolute Gasteiger partial charge is 0.491 e. The van der Waals surface area contributed by atoms with Crippen LogP contribution < -0.4 is 9.64 Å². The Morgan fingerprint density at radius 1 is 1.07 bits per heavy atom. The lowest BCUT2D eigenvalue weighted by atomic mass is 10.0. The quantitative estimate of drug-likeness (QED) is 0.727. The van der Waals surface area contributed by atoms with Crippen molar-refractivity contribution < 1.29 is 23.8 Å². The molecule has 0 aromatic heterocycles. The molecule has 1 aliphatic heterocycles. The number of ether oxygens (including phenoxy) is 1. The number of aliphatic hydroxyl groups excluding tert-OH is 1. The maximum atomic E-state index is 14.3. The number of hydrogen-bond donors (Lipinski definition) is 1. The van der Waals surface area contributed by atoms with E-state index in [1.165, 1.54) is 23.1 Å². The molecule has 0 aliphatic carbocycles. The van der Waals surface area contributed by atoms with Crippen LogP contribution in [0.1, 0.15) is 19.4 Å². The highest BCUT2D eigenvalue weighted by Gasteiger charge is 2.42. The molecule has 6 nitrogen and oxygen atoms in total. The van der Waals surface area contributed by atoms with Gasteiger partial charge in [-0.1, -0.05) is 24.3 Å². The Morgan fingerprint density at radius 3 is 2.31 bits per heavy atom. The molecule has 7 heteroatoms. The second kappa shape index (κ2) is 8.45. The standard InChI is InChI=1S/C22H23FN2O4/c1-14(2)29-16-10-8-15(9-11-16)19-20(24(3)12-13-26)22(28)25(21(19)27)18-7-5-4-6-17(18)23/h4-11,14,26H,12-13H2,1-3H3. The molecule has 0 bridgehead atoms. The Morgan fingerprint density at radius 2 is 1.72 bits per heavy atom. The van der Waals surface area contributed by atoms with Gasteiger partial charge in [0.25, 0.3) is 11.8 Å². The molecule has 0 radical (unpaired) electrons. The van der Waals surface area contributed by atoms with Gasteiger partial charge in [0, 0.05) is 13.6 Å². The summed E-state index contributed by atoms with van der Waals surface area (Å²) >= 11 is 0. The highest BCUT2D eigenvalue weighted by atomic mass is 19.1. The van der Waals surface area contributed by atoms with Crippen LogP contribution in [-0.2, 0) is 9.59 Å². The molecule has 1 N–H and O–H groups in total. The van der Waals surface area contributed by atoms with E-state index in [4.69, 9.17) is 4.74 Å². The van der Waals surface area contributed by atoms with Gasteiger partial charge < -0.3 is 14.7 Å². The number of likely N-dealkylation sites (N-methyl/N-ethyl adjacent to an activating group) is 1. The molecule has 3 rings (SSSR count). The maximum absolute atomic E-state index is 14.3. The van der Waals surface area contributed by atoms with Crippen LogP contribution in [0, 0.1) is 5.82 Å². The van der Waals surface area contributed by atoms with Crippen molar-refractivity contribution in [3.63, 3.8) is 0 Å². The lowest BCUT2D eigenvalue weighted by Gasteiger charge is -2.20. The lowest BCUT2D eigenvalue weighted by molar-refractivity contribution is -0.120. The van der Waals surface area contributed by atoms with Crippen LogP contribution in [0.2, 0.25) is 0 Å². The monoisotopic (exact) mass is 398 g/mol. The van der Waals surface area contributed by atoms with Gasteiger partial charge in [-0.25, -0.2) is 9.29 Å². The second-order valence-electron chi connectivity index (χ2n) is 6.96. The zero-order valence-corrected chi connectivity index (χ0v) is 16.6. The number of amides is 2. The van der Waals surface area contributed by atoms with Gasteiger partial charge in [0.1, 0.15) is 17.3 Å². The molecule has 152 valence electrons. The third-order valence-electron chi connectivity index (χ3n) is 4.48. The molecule has 2 amide bonds. The summed E-state index contributed by atoms with van der Waals surface area (Å²) in [4.78, 5) is 28.7. The summed E-state index contributed by atoms with van der Waals surface area (Å²) in [5, 5.41) is 9.30. The van der Waals surface area contributed by atoms with E-state index in [1.807, 2.05) is 13.8 Å². The minimum Gasteiger partial charge on any atom is -0.491 e. The van der Waals surface area contributed by atoms with Crippen LogP contribution in [0.25, 0.3) is 5.57 Å². The number of nitrogens with zero attached hydrogens (tertiary/aromatic N) is 2. The molecule has 0 saturated carbocycles. The predicted molar refractivity (Wildman–Crippen MR) is 108 cm³/mol. The van der Waals surface area contributed by atoms with Crippen molar-refractivity contribution in [2.24, 2.45) is 0 Å². The molecule has 1 heterocycles. The first-order valence-corrected chi connectivity index (χ1v) is 9.31. The number of anilines is 1. The molecular weight excluding hydrogens is 375 g/mol. The van der Waals surface area contributed by atoms with Crippen molar-refractivity contribution in [1.82, 2.24) is 4.90 Å². The smallest absolute Gasteiger partial charge is 0.282 e. The van der Waals surface area contributed by atoms with Crippen LogP contribution in [0.4, 0.5) is 10.1 Å². The zero-order valence-electron chi connectivity index (χ0n) is 16.6. The molecule has 0 saturated heterocycles. The van der Waals surface area contributed by atoms with E-state index in [9.17, 15) is 19.1 Å². The van der Waals surface area contributed by atoms with E-state index >= 15 is 0 Å². The van der Waals surface area contributed by atoms with Gasteiger partial charge in [-0.3, -0.25) is 9.59 Å². The van der Waals surface area contributed by atoms with E-state index < -0.39 is 17.6 Å². The SMILES string of the molecule is CC(C)Oc1ccc(C2=C(N(C)CCO)C(=O)N(c3ccccc3F)C2=O)cc1. The van der Waals surface area contributed by atoms with Crippen molar-refractivity contribution >= 4 is 23.1 Å². The Hall–Kier alpha value is -3.19. The van der Waals surface area contributed by atoms with Crippen LogP contribution in [0.3, 0.4) is 0 Å². The molecule has 0 spiro atoms. The van der Waals surface area contributed by atoms with Gasteiger partial charge in [0.05, 0.1) is 24.0 Å². The number of halogens is 1. The predicted octanol–water partition coefficient (Wildman–Crippen LogP) is 2.82. The minimum absolute atomic E-state index is 0.00227. The van der Waals surface area contributed by atoms with Gasteiger partial charge in [-0.15, -0.1) is 0 Å². The summed E-state index contributed by atoms with van der Waals surface area (Å²) in [5.74, 6) is -1.27. The third kappa shape index (κ3) is 4.00. The molecule has 2 aromatic rings. The highest BCUT2D eigenvalue weighted by Crippen LogP contribution is 2.35. The fourth-order valence-corrected chi connectivity index (χ4v) is 3.22. The second-order valence-corrected chi connectivity index (χ2v) is 6.96. The molecule has 1 aliphatic rings. The van der Waals surface area contributed by atoms with Gasteiger partial charge in [-0.05, 0) is 43.7 Å². The number of carbonyl (C=O) groups excluding carboxylic acids is 2. The summed E-state index contributed by atoms with van der Waals surface area (Å²) in [6.07, 6.45) is -0.00227. The fourth-order valence-electron chi connectivity index (χ4n) is 3.22. The number of carbonyl (C=O) groups is 2. The maximum Gasteiger partial charge on any atom is 0.282 e. The van der Waals surface area contributed by atoms with E-state index in [2.05, 4.69) is 0 Å². The summed E-state index contributed by atoms with van der Waals surface area (Å²) in [5.41, 5.74) is 0.681. The van der Waals surface area contributed by atoms with Gasteiger partial charge in [0.2, 0.25) is 0 Å².